The third-order valence-corrected chi connectivity index (χ3v) is 6.24. The molecule has 0 atom stereocenters. The summed E-state index contributed by atoms with van der Waals surface area (Å²) in [7, 11) is -3.74. The summed E-state index contributed by atoms with van der Waals surface area (Å²) in [6, 6.07) is 11.5. The van der Waals surface area contributed by atoms with Crippen molar-refractivity contribution in [2.45, 2.75) is 11.4 Å². The molecule has 1 aliphatic heterocycles. The van der Waals surface area contributed by atoms with Gasteiger partial charge in [-0.05, 0) is 18.2 Å². The van der Waals surface area contributed by atoms with Crippen molar-refractivity contribution in [2.75, 3.05) is 26.2 Å². The van der Waals surface area contributed by atoms with Gasteiger partial charge in [-0.25, -0.2) is 12.8 Å². The van der Waals surface area contributed by atoms with Gasteiger partial charge in [0.05, 0.1) is 9.82 Å². The van der Waals surface area contributed by atoms with Crippen LogP contribution in [-0.4, -0.2) is 48.7 Å². The average Bonchev–Trinajstić information content (AvgIpc) is 2.62. The number of nitrogens with zero attached hydrogens (tertiary/aromatic N) is 3. The monoisotopic (exact) mass is 379 g/mol. The Hall–Kier alpha value is -2.36. The standard InChI is InChI=1S/C17H18FN3O4S/c18-15-5-3-6-16(12-15)26(24,25)20-10-8-19(9-11-20)13-14-4-1-2-7-17(14)21(22)23/h1-7,12H,8-11,13H2. The van der Waals surface area contributed by atoms with Gasteiger partial charge in [-0.15, -0.1) is 0 Å². The molecule has 26 heavy (non-hydrogen) atoms. The number of hydrogen-bond donors (Lipinski definition) is 0. The average molecular weight is 379 g/mol. The summed E-state index contributed by atoms with van der Waals surface area (Å²) in [5.41, 5.74) is 0.654. The van der Waals surface area contributed by atoms with Crippen LogP contribution in [0.3, 0.4) is 0 Å². The second kappa shape index (κ2) is 7.48. The molecule has 0 radical (unpaired) electrons. The summed E-state index contributed by atoms with van der Waals surface area (Å²) in [5.74, 6) is -0.596. The van der Waals surface area contributed by atoms with E-state index in [1.807, 2.05) is 4.90 Å². The number of para-hydroxylation sites is 1. The first-order chi connectivity index (χ1) is 12.4. The van der Waals surface area contributed by atoms with E-state index < -0.39 is 20.8 Å². The lowest BCUT2D eigenvalue weighted by Gasteiger charge is -2.33. The predicted molar refractivity (Wildman–Crippen MR) is 93.5 cm³/mol. The molecule has 2 aromatic carbocycles. The molecule has 1 saturated heterocycles. The van der Waals surface area contributed by atoms with Crippen molar-refractivity contribution in [1.29, 1.82) is 0 Å². The van der Waals surface area contributed by atoms with Gasteiger partial charge in [0, 0.05) is 44.4 Å². The maximum absolute atomic E-state index is 13.3. The second-order valence-corrected chi connectivity index (χ2v) is 7.96. The van der Waals surface area contributed by atoms with Gasteiger partial charge in [0.1, 0.15) is 5.82 Å². The summed E-state index contributed by atoms with van der Waals surface area (Å²) in [6.45, 7) is 1.77. The molecule has 1 aliphatic rings. The van der Waals surface area contributed by atoms with Crippen LogP contribution in [0.25, 0.3) is 0 Å². The lowest BCUT2D eigenvalue weighted by molar-refractivity contribution is -0.385. The van der Waals surface area contributed by atoms with E-state index in [-0.39, 0.29) is 23.7 Å². The third kappa shape index (κ3) is 3.90. The zero-order chi connectivity index (χ0) is 18.7. The molecule has 9 heteroatoms. The van der Waals surface area contributed by atoms with Crippen molar-refractivity contribution in [3.63, 3.8) is 0 Å². The molecule has 0 spiro atoms. The highest BCUT2D eigenvalue weighted by atomic mass is 32.2. The molecule has 0 N–H and O–H groups in total. The molecule has 7 nitrogen and oxygen atoms in total. The molecule has 0 bridgehead atoms. The summed E-state index contributed by atoms with van der Waals surface area (Å²) in [6.07, 6.45) is 0. The zero-order valence-corrected chi connectivity index (χ0v) is 14.7. The summed E-state index contributed by atoms with van der Waals surface area (Å²) in [5, 5.41) is 11.1. The van der Waals surface area contributed by atoms with E-state index in [2.05, 4.69) is 0 Å². The van der Waals surface area contributed by atoms with Crippen molar-refractivity contribution < 1.29 is 17.7 Å². The Kier molecular flexibility index (Phi) is 5.30. The second-order valence-electron chi connectivity index (χ2n) is 6.02. The van der Waals surface area contributed by atoms with E-state index in [1.165, 1.54) is 28.6 Å². The van der Waals surface area contributed by atoms with E-state index in [4.69, 9.17) is 0 Å². The highest BCUT2D eigenvalue weighted by Crippen LogP contribution is 2.22. The van der Waals surface area contributed by atoms with E-state index in [1.54, 1.807) is 18.2 Å². The number of rotatable bonds is 5. The quantitative estimate of drug-likeness (QED) is 0.588. The van der Waals surface area contributed by atoms with Gasteiger partial charge in [0.15, 0.2) is 0 Å². The predicted octanol–water partition coefficient (Wildman–Crippen LogP) is 2.24. The van der Waals surface area contributed by atoms with Gasteiger partial charge in [0.25, 0.3) is 5.69 Å². The van der Waals surface area contributed by atoms with E-state index in [9.17, 15) is 22.9 Å². The largest absolute Gasteiger partial charge is 0.296 e. The molecule has 2 aromatic rings. The molecule has 0 unspecified atom stereocenters. The number of halogens is 1. The van der Waals surface area contributed by atoms with Crippen LogP contribution in [-0.2, 0) is 16.6 Å². The van der Waals surface area contributed by atoms with Crippen molar-refractivity contribution >= 4 is 15.7 Å². The van der Waals surface area contributed by atoms with Crippen LogP contribution >= 0.6 is 0 Å². The van der Waals surface area contributed by atoms with Crippen LogP contribution in [0.1, 0.15) is 5.56 Å². The van der Waals surface area contributed by atoms with Gasteiger partial charge in [0.2, 0.25) is 10.0 Å². The van der Waals surface area contributed by atoms with Crippen molar-refractivity contribution in [3.05, 3.63) is 70.0 Å². The molecule has 0 aliphatic carbocycles. The first kappa shape index (κ1) is 18.4. The molecule has 0 aromatic heterocycles. The van der Waals surface area contributed by atoms with Crippen LogP contribution in [0.4, 0.5) is 10.1 Å². The summed E-state index contributed by atoms with van der Waals surface area (Å²) >= 11 is 0. The molecular formula is C17H18FN3O4S. The topological polar surface area (TPSA) is 83.8 Å². The summed E-state index contributed by atoms with van der Waals surface area (Å²) in [4.78, 5) is 12.6. The molecular weight excluding hydrogens is 361 g/mol. The Morgan fingerprint density at radius 3 is 2.38 bits per heavy atom. The van der Waals surface area contributed by atoms with Crippen molar-refractivity contribution in [2.24, 2.45) is 0 Å². The Morgan fingerprint density at radius 1 is 1.04 bits per heavy atom. The van der Waals surface area contributed by atoms with Crippen LogP contribution in [0, 0.1) is 15.9 Å². The lowest BCUT2D eigenvalue weighted by Crippen LogP contribution is -2.48. The number of nitro groups is 1. The smallest absolute Gasteiger partial charge is 0.273 e. The first-order valence-corrected chi connectivity index (χ1v) is 9.52. The number of sulfonamides is 1. The molecule has 0 amide bonds. The fourth-order valence-corrected chi connectivity index (χ4v) is 4.42. The number of piperazine rings is 1. The zero-order valence-electron chi connectivity index (χ0n) is 13.9. The van der Waals surface area contributed by atoms with Crippen LogP contribution < -0.4 is 0 Å². The Morgan fingerprint density at radius 2 is 1.73 bits per heavy atom. The number of benzene rings is 2. The Labute approximate surface area is 150 Å². The molecule has 138 valence electrons. The Balaban J connectivity index is 1.67. The van der Waals surface area contributed by atoms with Crippen LogP contribution in [0.2, 0.25) is 0 Å². The minimum absolute atomic E-state index is 0.0577. The normalized spacial score (nSPS) is 16.5. The molecule has 0 saturated carbocycles. The van der Waals surface area contributed by atoms with Gasteiger partial charge >= 0.3 is 0 Å². The van der Waals surface area contributed by atoms with Crippen molar-refractivity contribution in [3.8, 4) is 0 Å². The van der Waals surface area contributed by atoms with Crippen LogP contribution in [0.5, 0.6) is 0 Å². The van der Waals surface area contributed by atoms with E-state index in [0.717, 1.165) is 6.07 Å². The SMILES string of the molecule is O=[N+]([O-])c1ccccc1CN1CCN(S(=O)(=O)c2cccc(F)c2)CC1. The molecule has 1 fully saturated rings. The highest BCUT2D eigenvalue weighted by Gasteiger charge is 2.29. The first-order valence-electron chi connectivity index (χ1n) is 8.08. The molecule has 1 heterocycles. The maximum atomic E-state index is 13.3. The highest BCUT2D eigenvalue weighted by molar-refractivity contribution is 7.89. The van der Waals surface area contributed by atoms with E-state index >= 15 is 0 Å². The van der Waals surface area contributed by atoms with Gasteiger partial charge in [-0.1, -0.05) is 24.3 Å². The Bertz CT molecular complexity index is 912. The van der Waals surface area contributed by atoms with Gasteiger partial charge in [-0.2, -0.15) is 4.31 Å². The minimum atomic E-state index is -3.74. The third-order valence-electron chi connectivity index (χ3n) is 4.35. The fourth-order valence-electron chi connectivity index (χ4n) is 2.97. The summed E-state index contributed by atoms with van der Waals surface area (Å²) < 4.78 is 39.8. The maximum Gasteiger partial charge on any atom is 0.273 e. The minimum Gasteiger partial charge on any atom is -0.296 e. The lowest BCUT2D eigenvalue weighted by atomic mass is 10.1. The van der Waals surface area contributed by atoms with Crippen molar-refractivity contribution in [1.82, 2.24) is 9.21 Å². The number of hydrogen-bond acceptors (Lipinski definition) is 5. The van der Waals surface area contributed by atoms with Gasteiger partial charge < -0.3 is 0 Å². The fraction of sp³-hybridized carbons (Fsp3) is 0.294. The van der Waals surface area contributed by atoms with Crippen LogP contribution in [0.15, 0.2) is 53.4 Å². The molecule has 3 rings (SSSR count). The number of nitro benzene ring substituents is 1. The van der Waals surface area contributed by atoms with Gasteiger partial charge in [-0.3, -0.25) is 15.0 Å². The van der Waals surface area contributed by atoms with E-state index in [0.29, 0.717) is 25.2 Å².